The zero-order chi connectivity index (χ0) is 15.0. The van der Waals surface area contributed by atoms with E-state index < -0.39 is 0 Å². The van der Waals surface area contributed by atoms with E-state index in [1.165, 1.54) is 6.07 Å². The molecule has 1 atom stereocenters. The fourth-order valence-electron chi connectivity index (χ4n) is 2.44. The molecule has 1 aliphatic rings. The molecule has 6 nitrogen and oxygen atoms in total. The average Bonchev–Trinajstić information content (AvgIpc) is 2.79. The van der Waals surface area contributed by atoms with Gasteiger partial charge in [-0.05, 0) is 30.9 Å². The van der Waals surface area contributed by atoms with Gasteiger partial charge in [0.2, 0.25) is 5.95 Å². The van der Waals surface area contributed by atoms with Crippen molar-refractivity contribution in [3.63, 3.8) is 0 Å². The summed E-state index contributed by atoms with van der Waals surface area (Å²) in [4.78, 5) is 23.1. The number of carbonyl (C=O) groups is 1. The molecule has 0 spiro atoms. The van der Waals surface area contributed by atoms with Gasteiger partial charge in [-0.15, -0.1) is 0 Å². The quantitative estimate of drug-likeness (QED) is 0.786. The highest BCUT2D eigenvalue weighted by molar-refractivity contribution is 6.41. The van der Waals surface area contributed by atoms with E-state index in [1.807, 2.05) is 0 Å². The van der Waals surface area contributed by atoms with Crippen LogP contribution >= 0.6 is 23.2 Å². The number of nitrogens with zero attached hydrogens (tertiary/aromatic N) is 2. The maximum atomic E-state index is 12.1. The highest BCUT2D eigenvalue weighted by Crippen LogP contribution is 2.23. The van der Waals surface area contributed by atoms with E-state index >= 15 is 0 Å². The predicted octanol–water partition coefficient (Wildman–Crippen LogP) is 1.98. The number of rotatable bonds is 2. The summed E-state index contributed by atoms with van der Waals surface area (Å²) < 4.78 is 0. The Labute approximate surface area is 131 Å². The molecule has 2 heterocycles. The summed E-state index contributed by atoms with van der Waals surface area (Å²) in [5.41, 5.74) is 7.89. The molecule has 2 aromatic rings. The Morgan fingerprint density at radius 1 is 1.48 bits per heavy atom. The van der Waals surface area contributed by atoms with Gasteiger partial charge >= 0.3 is 0 Å². The summed E-state index contributed by atoms with van der Waals surface area (Å²) in [6, 6.07) is 1.54. The number of nitrogens with two attached hydrogens (primary N) is 1. The third kappa shape index (κ3) is 2.96. The Hall–Kier alpha value is -1.79. The monoisotopic (exact) mass is 325 g/mol. The Kier molecular flexibility index (Phi) is 3.73. The van der Waals surface area contributed by atoms with Crippen LogP contribution < -0.4 is 11.1 Å². The third-order valence-electron chi connectivity index (χ3n) is 3.47. The van der Waals surface area contributed by atoms with Gasteiger partial charge in [-0.1, -0.05) is 23.2 Å². The lowest BCUT2D eigenvalue weighted by atomic mass is 9.93. The highest BCUT2D eigenvalue weighted by atomic mass is 35.5. The van der Waals surface area contributed by atoms with Crippen LogP contribution in [-0.2, 0) is 12.8 Å². The van der Waals surface area contributed by atoms with Crippen LogP contribution in [0.15, 0.2) is 12.3 Å². The minimum absolute atomic E-state index is 0.0260. The minimum atomic E-state index is -0.228. The second kappa shape index (κ2) is 5.54. The second-order valence-corrected chi connectivity index (χ2v) is 5.74. The van der Waals surface area contributed by atoms with Gasteiger partial charge in [0.15, 0.2) is 0 Å². The van der Waals surface area contributed by atoms with Gasteiger partial charge in [-0.3, -0.25) is 4.79 Å². The van der Waals surface area contributed by atoms with Gasteiger partial charge in [0.25, 0.3) is 5.91 Å². The molecule has 0 radical (unpaired) electrons. The second-order valence-electron chi connectivity index (χ2n) is 4.96. The molecular formula is C13H13Cl2N5O. The molecule has 1 amide bonds. The molecule has 0 bridgehead atoms. The number of nitrogens with one attached hydrogen (secondary N) is 2. The van der Waals surface area contributed by atoms with Crippen LogP contribution in [0.5, 0.6) is 0 Å². The molecule has 1 unspecified atom stereocenters. The van der Waals surface area contributed by atoms with Crippen LogP contribution in [0.1, 0.15) is 28.2 Å². The molecule has 0 fully saturated rings. The number of aryl methyl sites for hydroxylation is 1. The van der Waals surface area contributed by atoms with Crippen molar-refractivity contribution in [3.05, 3.63) is 39.4 Å². The Bertz CT molecular complexity index is 680. The maximum Gasteiger partial charge on any atom is 0.268 e. The van der Waals surface area contributed by atoms with E-state index in [4.69, 9.17) is 28.9 Å². The number of aromatic amines is 1. The van der Waals surface area contributed by atoms with Crippen LogP contribution in [-0.4, -0.2) is 26.9 Å². The number of halogens is 2. The maximum absolute atomic E-state index is 12.1. The first-order valence-corrected chi connectivity index (χ1v) is 7.23. The summed E-state index contributed by atoms with van der Waals surface area (Å²) in [7, 11) is 0. The summed E-state index contributed by atoms with van der Waals surface area (Å²) in [6.07, 6.45) is 3.97. The van der Waals surface area contributed by atoms with Crippen LogP contribution in [0.2, 0.25) is 10.2 Å². The van der Waals surface area contributed by atoms with E-state index in [1.54, 1.807) is 6.20 Å². The number of carbonyl (C=O) groups excluding carboxylic acids is 1. The van der Waals surface area contributed by atoms with Crippen LogP contribution in [0.25, 0.3) is 0 Å². The van der Waals surface area contributed by atoms with Gasteiger partial charge in [-0.2, -0.15) is 0 Å². The van der Waals surface area contributed by atoms with Crippen molar-refractivity contribution in [1.82, 2.24) is 20.3 Å². The topological polar surface area (TPSA) is 96.7 Å². The van der Waals surface area contributed by atoms with Crippen LogP contribution in [0.4, 0.5) is 5.95 Å². The molecule has 0 saturated heterocycles. The van der Waals surface area contributed by atoms with Crippen molar-refractivity contribution in [1.29, 1.82) is 0 Å². The molecule has 0 aliphatic heterocycles. The number of aromatic nitrogens is 3. The first-order valence-electron chi connectivity index (χ1n) is 6.48. The van der Waals surface area contributed by atoms with Gasteiger partial charge < -0.3 is 16.0 Å². The average molecular weight is 326 g/mol. The van der Waals surface area contributed by atoms with E-state index in [9.17, 15) is 4.79 Å². The molecule has 8 heteroatoms. The number of H-pyrrole nitrogens is 1. The molecule has 0 aromatic carbocycles. The largest absolute Gasteiger partial charge is 0.368 e. The summed E-state index contributed by atoms with van der Waals surface area (Å²) in [5, 5.41) is 3.55. The van der Waals surface area contributed by atoms with Crippen molar-refractivity contribution in [3.8, 4) is 0 Å². The molecule has 21 heavy (non-hydrogen) atoms. The van der Waals surface area contributed by atoms with Crippen LogP contribution in [0, 0.1) is 0 Å². The minimum Gasteiger partial charge on any atom is -0.368 e. The lowest BCUT2D eigenvalue weighted by molar-refractivity contribution is 0.0929. The molecule has 1 aliphatic carbocycles. The van der Waals surface area contributed by atoms with E-state index in [2.05, 4.69) is 20.3 Å². The summed E-state index contributed by atoms with van der Waals surface area (Å²) >= 11 is 11.6. The molecule has 3 rings (SSSR count). The van der Waals surface area contributed by atoms with Crippen LogP contribution in [0.3, 0.4) is 0 Å². The zero-order valence-corrected chi connectivity index (χ0v) is 12.5. The lowest BCUT2D eigenvalue weighted by Gasteiger charge is -2.24. The number of hydrogen-bond donors (Lipinski definition) is 3. The van der Waals surface area contributed by atoms with E-state index in [0.29, 0.717) is 17.1 Å². The number of anilines is 1. The standard InChI is InChI=1S/C13H13Cl2N5O/c14-8-4-10(19-11(8)15)12(21)18-7-1-2-9-6(3-7)5-17-13(16)20-9/h4-5,7,19H,1-3H2,(H,18,21)(H2,16,17,20). The SMILES string of the molecule is Nc1ncc2c(n1)CCC(NC(=O)c1cc(Cl)c(Cl)[nH]1)C2. The first-order chi connectivity index (χ1) is 10.0. The van der Waals surface area contributed by atoms with Gasteiger partial charge in [0, 0.05) is 17.9 Å². The van der Waals surface area contributed by atoms with Crippen molar-refractivity contribution >= 4 is 35.1 Å². The van der Waals surface area contributed by atoms with Gasteiger partial charge in [0.05, 0.1) is 5.02 Å². The predicted molar refractivity (Wildman–Crippen MR) is 80.5 cm³/mol. The van der Waals surface area contributed by atoms with E-state index in [-0.39, 0.29) is 23.1 Å². The molecular weight excluding hydrogens is 313 g/mol. The lowest BCUT2D eigenvalue weighted by Crippen LogP contribution is -2.39. The van der Waals surface area contributed by atoms with Crippen molar-refractivity contribution in [2.24, 2.45) is 0 Å². The number of fused-ring (bicyclic) bond motifs is 1. The van der Waals surface area contributed by atoms with E-state index in [0.717, 1.165) is 24.1 Å². The molecule has 2 aromatic heterocycles. The zero-order valence-electron chi connectivity index (χ0n) is 11.0. The first kappa shape index (κ1) is 14.2. The Morgan fingerprint density at radius 2 is 2.29 bits per heavy atom. The fraction of sp³-hybridized carbons (Fsp3) is 0.308. The Balaban J connectivity index is 1.69. The number of hydrogen-bond acceptors (Lipinski definition) is 4. The normalized spacial score (nSPS) is 17.3. The smallest absolute Gasteiger partial charge is 0.268 e. The van der Waals surface area contributed by atoms with Crippen molar-refractivity contribution < 1.29 is 4.79 Å². The van der Waals surface area contributed by atoms with Gasteiger partial charge in [0.1, 0.15) is 10.8 Å². The number of amides is 1. The summed E-state index contributed by atoms with van der Waals surface area (Å²) in [6.45, 7) is 0. The number of nitrogen functional groups attached to an aromatic ring is 1. The highest BCUT2D eigenvalue weighted by Gasteiger charge is 2.23. The Morgan fingerprint density at radius 3 is 3.00 bits per heavy atom. The van der Waals surface area contributed by atoms with Crippen molar-refractivity contribution in [2.75, 3.05) is 5.73 Å². The molecule has 110 valence electrons. The van der Waals surface area contributed by atoms with Gasteiger partial charge in [-0.25, -0.2) is 9.97 Å². The fourth-order valence-corrected chi connectivity index (χ4v) is 2.75. The third-order valence-corrected chi connectivity index (χ3v) is 4.17. The van der Waals surface area contributed by atoms with Crippen molar-refractivity contribution in [2.45, 2.75) is 25.3 Å². The molecule has 0 saturated carbocycles. The summed E-state index contributed by atoms with van der Waals surface area (Å²) in [5.74, 6) is 0.0560. The molecule has 4 N–H and O–H groups in total.